The molecule has 1 heterocycles. The molecule has 2 aromatic rings. The van der Waals surface area contributed by atoms with E-state index in [4.69, 9.17) is 23.2 Å². The highest BCUT2D eigenvalue weighted by atomic mass is 35.5. The van der Waals surface area contributed by atoms with Crippen molar-refractivity contribution in [2.24, 2.45) is 0 Å². The minimum absolute atomic E-state index is 0.339. The molecule has 0 radical (unpaired) electrons. The number of urea groups is 1. The van der Waals surface area contributed by atoms with Crippen LogP contribution in [0.1, 0.15) is 5.56 Å². The number of nitrogens with zero attached hydrogens (tertiary/aromatic N) is 1. The number of carbonyl (C=O) groups is 1. The fourth-order valence-corrected chi connectivity index (χ4v) is 1.81. The van der Waals surface area contributed by atoms with Gasteiger partial charge in [0.2, 0.25) is 0 Å². The molecule has 0 saturated heterocycles. The summed E-state index contributed by atoms with van der Waals surface area (Å²) < 4.78 is 0. The van der Waals surface area contributed by atoms with E-state index in [0.29, 0.717) is 22.4 Å². The van der Waals surface area contributed by atoms with Gasteiger partial charge in [-0.25, -0.2) is 9.78 Å². The van der Waals surface area contributed by atoms with Crippen LogP contribution in [0.15, 0.2) is 42.6 Å². The van der Waals surface area contributed by atoms with Gasteiger partial charge < -0.3 is 5.32 Å². The lowest BCUT2D eigenvalue weighted by Gasteiger charge is -2.08. The summed E-state index contributed by atoms with van der Waals surface area (Å²) in [5.41, 5.74) is 0.846. The highest BCUT2D eigenvalue weighted by Gasteiger charge is 2.04. The molecule has 1 aromatic carbocycles. The highest BCUT2D eigenvalue weighted by molar-refractivity contribution is 6.31. The first-order valence-corrected chi connectivity index (χ1v) is 6.30. The van der Waals surface area contributed by atoms with Crippen LogP contribution in [0.2, 0.25) is 10.0 Å². The zero-order valence-electron chi connectivity index (χ0n) is 9.86. The summed E-state index contributed by atoms with van der Waals surface area (Å²) in [5, 5.41) is 6.40. The van der Waals surface area contributed by atoms with Crippen LogP contribution in [0.25, 0.3) is 0 Å². The Morgan fingerprint density at radius 1 is 1.21 bits per heavy atom. The molecule has 19 heavy (non-hydrogen) atoms. The molecule has 0 spiro atoms. The summed E-state index contributed by atoms with van der Waals surface area (Å²) in [5.74, 6) is 0.393. The molecule has 1 aromatic heterocycles. The van der Waals surface area contributed by atoms with Crippen LogP contribution in [-0.4, -0.2) is 11.0 Å². The molecule has 0 bridgehead atoms. The second-order valence-corrected chi connectivity index (χ2v) is 4.60. The lowest BCUT2D eigenvalue weighted by molar-refractivity contribution is 0.251. The SMILES string of the molecule is O=C(NCc1ccccc1Cl)Nc1cc(Cl)ccn1. The van der Waals surface area contributed by atoms with Gasteiger partial charge in [0.15, 0.2) is 0 Å². The maximum Gasteiger partial charge on any atom is 0.320 e. The van der Waals surface area contributed by atoms with Crippen molar-refractivity contribution < 1.29 is 4.79 Å². The molecule has 2 N–H and O–H groups in total. The maximum absolute atomic E-state index is 11.7. The molecule has 98 valence electrons. The largest absolute Gasteiger partial charge is 0.334 e. The van der Waals surface area contributed by atoms with Gasteiger partial charge in [0.25, 0.3) is 0 Å². The number of nitrogens with one attached hydrogen (secondary N) is 2. The molecule has 0 unspecified atom stereocenters. The van der Waals surface area contributed by atoms with Crippen LogP contribution in [0.5, 0.6) is 0 Å². The fraction of sp³-hybridized carbons (Fsp3) is 0.0769. The molecule has 0 fully saturated rings. The number of benzene rings is 1. The third kappa shape index (κ3) is 4.12. The average molecular weight is 296 g/mol. The smallest absolute Gasteiger partial charge is 0.320 e. The summed E-state index contributed by atoms with van der Waals surface area (Å²) in [6.45, 7) is 0.339. The van der Waals surface area contributed by atoms with E-state index in [1.54, 1.807) is 18.2 Å². The number of carbonyl (C=O) groups excluding carboxylic acids is 1. The molecular formula is C13H11Cl2N3O. The number of anilines is 1. The summed E-state index contributed by atoms with van der Waals surface area (Å²) in [6.07, 6.45) is 1.52. The van der Waals surface area contributed by atoms with Crippen molar-refractivity contribution in [1.82, 2.24) is 10.3 Å². The number of amides is 2. The van der Waals surface area contributed by atoms with Crippen LogP contribution in [-0.2, 0) is 6.54 Å². The Morgan fingerprint density at radius 3 is 2.74 bits per heavy atom. The molecule has 0 atom stereocenters. The van der Waals surface area contributed by atoms with Crippen molar-refractivity contribution in [2.45, 2.75) is 6.54 Å². The standard InChI is InChI=1S/C13H11Cl2N3O/c14-10-5-6-16-12(7-10)18-13(19)17-8-9-3-1-2-4-11(9)15/h1-7H,8H2,(H2,16,17,18,19). The predicted octanol–water partition coefficient (Wildman–Crippen LogP) is 3.71. The van der Waals surface area contributed by atoms with Crippen molar-refractivity contribution in [2.75, 3.05) is 5.32 Å². The Kier molecular flexibility index (Phi) is 4.60. The number of hydrogen-bond donors (Lipinski definition) is 2. The van der Waals surface area contributed by atoms with E-state index in [1.807, 2.05) is 18.2 Å². The normalized spacial score (nSPS) is 10.0. The molecule has 0 aliphatic rings. The van der Waals surface area contributed by atoms with Gasteiger partial charge in [0.05, 0.1) is 0 Å². The number of aromatic nitrogens is 1. The number of halogens is 2. The molecule has 2 rings (SSSR count). The maximum atomic E-state index is 11.7. The minimum atomic E-state index is -0.366. The van der Waals surface area contributed by atoms with Gasteiger partial charge in [-0.2, -0.15) is 0 Å². The van der Waals surface area contributed by atoms with E-state index in [2.05, 4.69) is 15.6 Å². The first-order valence-electron chi connectivity index (χ1n) is 5.55. The Morgan fingerprint density at radius 2 is 2.00 bits per heavy atom. The molecule has 0 aliphatic heterocycles. The fourth-order valence-electron chi connectivity index (χ4n) is 1.45. The molecule has 6 heteroatoms. The van der Waals surface area contributed by atoms with Gasteiger partial charge in [-0.15, -0.1) is 0 Å². The molecule has 0 saturated carbocycles. The van der Waals surface area contributed by atoms with Gasteiger partial charge in [0, 0.05) is 22.8 Å². The third-order valence-electron chi connectivity index (χ3n) is 2.36. The van der Waals surface area contributed by atoms with Gasteiger partial charge in [-0.05, 0) is 23.8 Å². The van der Waals surface area contributed by atoms with Crippen LogP contribution in [0.3, 0.4) is 0 Å². The van der Waals surface area contributed by atoms with E-state index in [0.717, 1.165) is 5.56 Å². The second-order valence-electron chi connectivity index (χ2n) is 3.76. The van der Waals surface area contributed by atoms with Gasteiger partial charge in [-0.1, -0.05) is 41.4 Å². The van der Waals surface area contributed by atoms with E-state index in [1.165, 1.54) is 6.20 Å². The van der Waals surface area contributed by atoms with Crippen LogP contribution in [0, 0.1) is 0 Å². The second kappa shape index (κ2) is 6.41. The molecular weight excluding hydrogens is 285 g/mol. The van der Waals surface area contributed by atoms with Gasteiger partial charge in [0.1, 0.15) is 5.82 Å². The number of hydrogen-bond acceptors (Lipinski definition) is 2. The summed E-state index contributed by atoms with van der Waals surface area (Å²) in [4.78, 5) is 15.6. The van der Waals surface area contributed by atoms with Crippen LogP contribution < -0.4 is 10.6 Å². The molecule has 4 nitrogen and oxygen atoms in total. The van der Waals surface area contributed by atoms with Gasteiger partial charge in [-0.3, -0.25) is 5.32 Å². The summed E-state index contributed by atoms with van der Waals surface area (Å²) in [7, 11) is 0. The van der Waals surface area contributed by atoms with E-state index >= 15 is 0 Å². The Hall–Kier alpha value is -1.78. The lowest BCUT2D eigenvalue weighted by atomic mass is 10.2. The van der Waals surface area contributed by atoms with Crippen LogP contribution in [0.4, 0.5) is 10.6 Å². The zero-order chi connectivity index (χ0) is 13.7. The Bertz CT molecular complexity index is 590. The Labute approximate surface area is 120 Å². The van der Waals surface area contributed by atoms with Crippen molar-refractivity contribution in [3.8, 4) is 0 Å². The van der Waals surface area contributed by atoms with Crippen molar-refractivity contribution in [1.29, 1.82) is 0 Å². The minimum Gasteiger partial charge on any atom is -0.334 e. The van der Waals surface area contributed by atoms with E-state index in [9.17, 15) is 4.79 Å². The average Bonchev–Trinajstić information content (AvgIpc) is 2.38. The van der Waals surface area contributed by atoms with Crippen molar-refractivity contribution >= 4 is 35.1 Å². The molecule has 0 aliphatic carbocycles. The van der Waals surface area contributed by atoms with E-state index in [-0.39, 0.29) is 6.03 Å². The van der Waals surface area contributed by atoms with Crippen LogP contribution >= 0.6 is 23.2 Å². The molecule has 2 amide bonds. The first-order chi connectivity index (χ1) is 9.15. The number of pyridine rings is 1. The van der Waals surface area contributed by atoms with E-state index < -0.39 is 0 Å². The lowest BCUT2D eigenvalue weighted by Crippen LogP contribution is -2.28. The van der Waals surface area contributed by atoms with Crippen molar-refractivity contribution in [3.63, 3.8) is 0 Å². The van der Waals surface area contributed by atoms with Crippen molar-refractivity contribution in [3.05, 3.63) is 58.2 Å². The summed E-state index contributed by atoms with van der Waals surface area (Å²) >= 11 is 11.8. The Balaban J connectivity index is 1.90. The quantitative estimate of drug-likeness (QED) is 0.907. The zero-order valence-corrected chi connectivity index (χ0v) is 11.4. The number of rotatable bonds is 3. The first kappa shape index (κ1) is 13.6. The summed E-state index contributed by atoms with van der Waals surface area (Å²) in [6, 6.07) is 10.1. The highest BCUT2D eigenvalue weighted by Crippen LogP contribution is 2.14. The third-order valence-corrected chi connectivity index (χ3v) is 2.96. The predicted molar refractivity (Wildman–Crippen MR) is 76.6 cm³/mol. The van der Waals surface area contributed by atoms with Gasteiger partial charge >= 0.3 is 6.03 Å². The monoisotopic (exact) mass is 295 g/mol. The topological polar surface area (TPSA) is 54.0 Å².